The second-order valence-electron chi connectivity index (χ2n) is 6.41. The van der Waals surface area contributed by atoms with Crippen molar-refractivity contribution < 1.29 is 4.39 Å². The van der Waals surface area contributed by atoms with E-state index in [1.807, 2.05) is 18.4 Å². The van der Waals surface area contributed by atoms with Gasteiger partial charge >= 0.3 is 0 Å². The predicted molar refractivity (Wildman–Crippen MR) is 113 cm³/mol. The first-order valence-corrected chi connectivity index (χ1v) is 10.5. The molecule has 0 saturated carbocycles. The van der Waals surface area contributed by atoms with Crippen LogP contribution < -0.4 is 4.72 Å². The van der Waals surface area contributed by atoms with Crippen molar-refractivity contribution in [3.8, 4) is 0 Å². The van der Waals surface area contributed by atoms with Gasteiger partial charge in [0.2, 0.25) is 0 Å². The SMILES string of the molecule is CCC(CCCF)(c1ccc(Cl)cc1)n1ccc2c(NSC)cccc21. The maximum absolute atomic E-state index is 13.1. The summed E-state index contributed by atoms with van der Waals surface area (Å²) in [7, 11) is 0. The summed E-state index contributed by atoms with van der Waals surface area (Å²) in [6.45, 7) is 1.86. The quantitative estimate of drug-likeness (QED) is 0.422. The van der Waals surface area contributed by atoms with Gasteiger partial charge in [0, 0.05) is 22.9 Å². The van der Waals surface area contributed by atoms with Crippen molar-refractivity contribution in [1.82, 2.24) is 4.57 Å². The molecule has 2 nitrogen and oxygen atoms in total. The predicted octanol–water partition coefficient (Wildman–Crippen LogP) is 6.89. The molecule has 0 aliphatic heterocycles. The standard InChI is InChI=1S/C21H24ClFN2S/c1-3-21(13-5-14-23,16-8-10-17(22)11-9-16)25-15-12-18-19(24-26-2)6-4-7-20(18)25/h4,6-12,15,24H,3,5,13-14H2,1-2H3. The van der Waals surface area contributed by atoms with Gasteiger partial charge in [0.25, 0.3) is 0 Å². The zero-order chi connectivity index (χ0) is 18.6. The molecule has 0 amide bonds. The van der Waals surface area contributed by atoms with Gasteiger partial charge in [0.1, 0.15) is 0 Å². The highest BCUT2D eigenvalue weighted by atomic mass is 35.5. The summed E-state index contributed by atoms with van der Waals surface area (Å²) in [4.78, 5) is 0. The van der Waals surface area contributed by atoms with E-state index in [0.717, 1.165) is 24.0 Å². The highest BCUT2D eigenvalue weighted by molar-refractivity contribution is 7.99. The van der Waals surface area contributed by atoms with E-state index in [4.69, 9.17) is 11.6 Å². The molecule has 1 aromatic heterocycles. The van der Waals surface area contributed by atoms with E-state index in [1.54, 1.807) is 11.9 Å². The average Bonchev–Trinajstić information content (AvgIpc) is 3.10. The van der Waals surface area contributed by atoms with Gasteiger partial charge in [0.05, 0.1) is 23.4 Å². The third-order valence-electron chi connectivity index (χ3n) is 5.10. The molecule has 0 bridgehead atoms. The molecule has 3 aromatic rings. The zero-order valence-electron chi connectivity index (χ0n) is 15.1. The van der Waals surface area contributed by atoms with Crippen molar-refractivity contribution in [2.24, 2.45) is 0 Å². The van der Waals surface area contributed by atoms with Crippen LogP contribution in [-0.2, 0) is 5.54 Å². The van der Waals surface area contributed by atoms with Gasteiger partial charge in [-0.05, 0) is 55.2 Å². The molecule has 0 radical (unpaired) electrons. The lowest BCUT2D eigenvalue weighted by atomic mass is 9.82. The lowest BCUT2D eigenvalue weighted by Gasteiger charge is -2.36. The monoisotopic (exact) mass is 390 g/mol. The Morgan fingerprint density at radius 3 is 2.58 bits per heavy atom. The van der Waals surface area contributed by atoms with Crippen LogP contribution in [0.25, 0.3) is 10.9 Å². The fraction of sp³-hybridized carbons (Fsp3) is 0.333. The van der Waals surface area contributed by atoms with Gasteiger partial charge in [0.15, 0.2) is 0 Å². The molecule has 26 heavy (non-hydrogen) atoms. The summed E-state index contributed by atoms with van der Waals surface area (Å²) in [6, 6.07) is 16.4. The minimum absolute atomic E-state index is 0.295. The topological polar surface area (TPSA) is 17.0 Å². The van der Waals surface area contributed by atoms with Gasteiger partial charge in [-0.3, -0.25) is 4.39 Å². The molecule has 1 unspecified atom stereocenters. The molecule has 0 spiro atoms. The number of rotatable bonds is 8. The van der Waals surface area contributed by atoms with E-state index >= 15 is 0 Å². The number of alkyl halides is 1. The van der Waals surface area contributed by atoms with E-state index in [1.165, 1.54) is 10.9 Å². The number of nitrogens with zero attached hydrogens (tertiary/aromatic N) is 1. The van der Waals surface area contributed by atoms with Crippen molar-refractivity contribution in [1.29, 1.82) is 0 Å². The number of hydrogen-bond donors (Lipinski definition) is 1. The van der Waals surface area contributed by atoms with Gasteiger partial charge in [-0.1, -0.05) is 48.7 Å². The van der Waals surface area contributed by atoms with Crippen molar-refractivity contribution >= 4 is 40.1 Å². The van der Waals surface area contributed by atoms with Crippen LogP contribution in [0, 0.1) is 0 Å². The number of aromatic nitrogens is 1. The summed E-state index contributed by atoms with van der Waals surface area (Å²) in [6.07, 6.45) is 6.29. The smallest absolute Gasteiger partial charge is 0.0895 e. The summed E-state index contributed by atoms with van der Waals surface area (Å²) < 4.78 is 18.8. The van der Waals surface area contributed by atoms with Gasteiger partial charge in [-0.2, -0.15) is 0 Å². The molecule has 3 rings (SSSR count). The Morgan fingerprint density at radius 1 is 1.15 bits per heavy atom. The fourth-order valence-electron chi connectivity index (χ4n) is 3.81. The molecule has 138 valence electrons. The molecule has 0 fully saturated rings. The first-order chi connectivity index (χ1) is 12.7. The Hall–Kier alpha value is -1.65. The Balaban J connectivity index is 2.20. The van der Waals surface area contributed by atoms with Crippen LogP contribution in [0.4, 0.5) is 10.1 Å². The summed E-state index contributed by atoms with van der Waals surface area (Å²) in [5.41, 5.74) is 3.12. The summed E-state index contributed by atoms with van der Waals surface area (Å²) in [5.74, 6) is 0. The van der Waals surface area contributed by atoms with Crippen LogP contribution in [0.15, 0.2) is 54.7 Å². The largest absolute Gasteiger partial charge is 0.337 e. The van der Waals surface area contributed by atoms with Crippen LogP contribution in [0.2, 0.25) is 5.02 Å². The Bertz CT molecular complexity index is 862. The Kier molecular flexibility index (Phi) is 6.15. The number of benzene rings is 2. The normalized spacial score (nSPS) is 13.7. The van der Waals surface area contributed by atoms with E-state index in [-0.39, 0.29) is 12.2 Å². The minimum Gasteiger partial charge on any atom is -0.337 e. The average molecular weight is 391 g/mol. The van der Waals surface area contributed by atoms with Gasteiger partial charge in [-0.25, -0.2) is 0 Å². The van der Waals surface area contributed by atoms with E-state index in [2.05, 4.69) is 58.8 Å². The Morgan fingerprint density at radius 2 is 1.92 bits per heavy atom. The third kappa shape index (κ3) is 3.45. The molecule has 1 heterocycles. The van der Waals surface area contributed by atoms with Crippen LogP contribution in [0.1, 0.15) is 31.7 Å². The first-order valence-electron chi connectivity index (χ1n) is 8.88. The molecule has 0 aliphatic carbocycles. The number of fused-ring (bicyclic) bond motifs is 1. The van der Waals surface area contributed by atoms with E-state index in [0.29, 0.717) is 11.4 Å². The maximum Gasteiger partial charge on any atom is 0.0895 e. The van der Waals surface area contributed by atoms with Crippen molar-refractivity contribution in [3.63, 3.8) is 0 Å². The second kappa shape index (κ2) is 8.36. The van der Waals surface area contributed by atoms with Gasteiger partial charge in [-0.15, -0.1) is 0 Å². The van der Waals surface area contributed by atoms with Crippen LogP contribution in [0.3, 0.4) is 0 Å². The lowest BCUT2D eigenvalue weighted by Crippen LogP contribution is -2.34. The highest BCUT2D eigenvalue weighted by Gasteiger charge is 2.33. The number of nitrogens with one attached hydrogen (secondary N) is 1. The lowest BCUT2D eigenvalue weighted by molar-refractivity contribution is 0.298. The van der Waals surface area contributed by atoms with Crippen LogP contribution >= 0.6 is 23.5 Å². The second-order valence-corrected chi connectivity index (χ2v) is 7.46. The van der Waals surface area contributed by atoms with Crippen molar-refractivity contribution in [2.75, 3.05) is 17.7 Å². The first kappa shape index (κ1) is 19.1. The summed E-state index contributed by atoms with van der Waals surface area (Å²) in [5, 5.41) is 1.89. The molecule has 0 aliphatic rings. The van der Waals surface area contributed by atoms with E-state index in [9.17, 15) is 4.39 Å². The maximum atomic E-state index is 13.1. The van der Waals surface area contributed by atoms with Crippen molar-refractivity contribution in [3.05, 3.63) is 65.3 Å². The fourth-order valence-corrected chi connectivity index (χ4v) is 4.34. The third-order valence-corrected chi connectivity index (χ3v) is 5.77. The molecular formula is C21H24ClFN2S. The van der Waals surface area contributed by atoms with Crippen molar-refractivity contribution in [2.45, 2.75) is 31.7 Å². The molecule has 0 saturated heterocycles. The number of anilines is 1. The molecule has 1 N–H and O–H groups in total. The zero-order valence-corrected chi connectivity index (χ0v) is 16.7. The molecular weight excluding hydrogens is 367 g/mol. The highest BCUT2D eigenvalue weighted by Crippen LogP contribution is 2.39. The minimum atomic E-state index is -0.312. The Labute approximate surface area is 163 Å². The molecule has 1 atom stereocenters. The number of halogens is 2. The number of hydrogen-bond acceptors (Lipinski definition) is 2. The van der Waals surface area contributed by atoms with Crippen LogP contribution in [0.5, 0.6) is 0 Å². The van der Waals surface area contributed by atoms with E-state index < -0.39 is 0 Å². The van der Waals surface area contributed by atoms with Crippen LogP contribution in [-0.4, -0.2) is 17.5 Å². The van der Waals surface area contributed by atoms with Gasteiger partial charge < -0.3 is 9.29 Å². The summed E-state index contributed by atoms with van der Waals surface area (Å²) >= 11 is 7.69. The molecule has 5 heteroatoms. The molecule has 2 aromatic carbocycles.